The Bertz CT molecular complexity index is 1300. The van der Waals surface area contributed by atoms with Gasteiger partial charge >= 0.3 is 0 Å². The van der Waals surface area contributed by atoms with Crippen LogP contribution in [-0.4, -0.2) is 64.9 Å². The van der Waals surface area contributed by atoms with Crippen molar-refractivity contribution >= 4 is 28.8 Å². The highest BCUT2D eigenvalue weighted by Gasteiger charge is 2.27. The molecule has 36 heavy (non-hydrogen) atoms. The van der Waals surface area contributed by atoms with E-state index in [0.29, 0.717) is 25.2 Å². The molecule has 4 rings (SSSR count). The predicted octanol–water partition coefficient (Wildman–Crippen LogP) is 4.55. The van der Waals surface area contributed by atoms with E-state index in [1.807, 2.05) is 59.7 Å². The Balaban J connectivity index is 1.69. The fourth-order valence-corrected chi connectivity index (χ4v) is 4.61. The van der Waals surface area contributed by atoms with Gasteiger partial charge in [0, 0.05) is 25.7 Å². The average Bonchev–Trinajstić information content (AvgIpc) is 3.02. The second kappa shape index (κ2) is 11.0. The van der Waals surface area contributed by atoms with E-state index in [4.69, 9.17) is 0 Å². The predicted molar refractivity (Wildman–Crippen MR) is 136 cm³/mol. The summed E-state index contributed by atoms with van der Waals surface area (Å²) in [7, 11) is 3.88. The van der Waals surface area contributed by atoms with E-state index < -0.39 is 23.1 Å². The number of nitrogens with zero attached hydrogens (tertiary/aromatic N) is 4. The summed E-state index contributed by atoms with van der Waals surface area (Å²) < 4.78 is 30.0. The van der Waals surface area contributed by atoms with E-state index >= 15 is 0 Å². The van der Waals surface area contributed by atoms with Gasteiger partial charge in [0.05, 0.1) is 22.6 Å². The first-order valence-corrected chi connectivity index (χ1v) is 12.1. The molecule has 1 unspecified atom stereocenters. The van der Waals surface area contributed by atoms with Gasteiger partial charge in [-0.3, -0.25) is 14.9 Å². The molecule has 190 valence electrons. The molecule has 1 aromatic heterocycles. The van der Waals surface area contributed by atoms with Crippen LogP contribution in [0.5, 0.6) is 0 Å². The van der Waals surface area contributed by atoms with E-state index in [9.17, 15) is 18.4 Å². The molecule has 3 aromatic rings. The van der Waals surface area contributed by atoms with Crippen molar-refractivity contribution in [2.75, 3.05) is 39.0 Å². The van der Waals surface area contributed by atoms with E-state index in [-0.39, 0.29) is 17.9 Å². The number of amides is 2. The summed E-state index contributed by atoms with van der Waals surface area (Å²) in [5.41, 5.74) is 2.09. The zero-order valence-corrected chi connectivity index (χ0v) is 20.8. The number of likely N-dealkylation sites (tertiary alicyclic amines) is 1. The van der Waals surface area contributed by atoms with E-state index in [0.717, 1.165) is 36.4 Å². The summed E-state index contributed by atoms with van der Waals surface area (Å²) in [6.07, 6.45) is 5.99. The second-order valence-corrected chi connectivity index (χ2v) is 9.40. The number of aromatic nitrogens is 2. The molecule has 2 amide bonds. The van der Waals surface area contributed by atoms with Crippen LogP contribution in [-0.2, 0) is 4.79 Å². The fourth-order valence-electron chi connectivity index (χ4n) is 4.61. The number of hydrogen-bond donors (Lipinski definition) is 1. The van der Waals surface area contributed by atoms with Gasteiger partial charge in [0.1, 0.15) is 0 Å². The lowest BCUT2D eigenvalue weighted by atomic mass is 10.1. The van der Waals surface area contributed by atoms with Gasteiger partial charge in [-0.25, -0.2) is 13.8 Å². The number of aryl methyl sites for hydroxylation is 1. The Morgan fingerprint density at radius 1 is 1.17 bits per heavy atom. The van der Waals surface area contributed by atoms with Crippen molar-refractivity contribution < 1.29 is 18.4 Å². The number of para-hydroxylation sites is 1. The highest BCUT2D eigenvalue weighted by Crippen LogP contribution is 2.32. The van der Waals surface area contributed by atoms with Crippen LogP contribution in [0.4, 0.5) is 14.7 Å². The van der Waals surface area contributed by atoms with Crippen LogP contribution in [0.2, 0.25) is 0 Å². The minimum absolute atomic E-state index is 0.0580. The van der Waals surface area contributed by atoms with Crippen molar-refractivity contribution in [2.24, 2.45) is 0 Å². The first-order valence-electron chi connectivity index (χ1n) is 12.1. The van der Waals surface area contributed by atoms with Gasteiger partial charge in [-0.1, -0.05) is 24.3 Å². The topological polar surface area (TPSA) is 70.5 Å². The molecule has 1 fully saturated rings. The van der Waals surface area contributed by atoms with Gasteiger partial charge < -0.3 is 14.4 Å². The van der Waals surface area contributed by atoms with Crippen molar-refractivity contribution in [1.29, 1.82) is 0 Å². The van der Waals surface area contributed by atoms with Crippen molar-refractivity contribution in [3.8, 4) is 0 Å². The van der Waals surface area contributed by atoms with Gasteiger partial charge in [-0.2, -0.15) is 0 Å². The Morgan fingerprint density at radius 2 is 1.94 bits per heavy atom. The molecule has 1 saturated heterocycles. The lowest BCUT2D eigenvalue weighted by Crippen LogP contribution is -2.35. The van der Waals surface area contributed by atoms with Gasteiger partial charge in [-0.15, -0.1) is 0 Å². The maximum absolute atomic E-state index is 14.3. The quantitative estimate of drug-likeness (QED) is 0.510. The standard InChI is InChI=1S/C27H31F2N5O2/c1-18-9-6-13-22-25(18)34(27(30-22)31-26(36)20-11-7-12-21(28)24(20)29)19-10-4-5-16-33(17-19)23(35)14-8-15-32(2)3/h6-9,11-14,19H,4-5,10,15-17H2,1-3H3,(H,30,31,36)/b14-8+. The van der Waals surface area contributed by atoms with E-state index in [1.165, 1.54) is 12.1 Å². The molecule has 1 aliphatic heterocycles. The van der Waals surface area contributed by atoms with Crippen LogP contribution in [0.1, 0.15) is 41.2 Å². The smallest absolute Gasteiger partial charge is 0.261 e. The number of imidazole rings is 1. The molecule has 0 spiro atoms. The van der Waals surface area contributed by atoms with Crippen LogP contribution >= 0.6 is 0 Å². The molecule has 2 heterocycles. The van der Waals surface area contributed by atoms with Crippen molar-refractivity contribution in [3.05, 3.63) is 71.3 Å². The molecule has 0 aliphatic carbocycles. The number of rotatable bonds is 6. The number of halogens is 2. The summed E-state index contributed by atoms with van der Waals surface area (Å²) in [5, 5.41) is 2.70. The number of carbonyl (C=O) groups excluding carboxylic acids is 2. The number of carbonyl (C=O) groups is 2. The van der Waals surface area contributed by atoms with Crippen LogP contribution < -0.4 is 5.32 Å². The molecule has 1 atom stereocenters. The fraction of sp³-hybridized carbons (Fsp3) is 0.370. The summed E-state index contributed by atoms with van der Waals surface area (Å²) in [5.74, 6) is -2.89. The van der Waals surface area contributed by atoms with Crippen molar-refractivity contribution in [2.45, 2.75) is 32.2 Å². The molecule has 2 aromatic carbocycles. The number of benzene rings is 2. The normalized spacial score (nSPS) is 16.6. The van der Waals surface area contributed by atoms with E-state index in [1.54, 1.807) is 6.08 Å². The largest absolute Gasteiger partial charge is 0.337 e. The second-order valence-electron chi connectivity index (χ2n) is 9.40. The Hall–Kier alpha value is -3.59. The highest BCUT2D eigenvalue weighted by atomic mass is 19.2. The third kappa shape index (κ3) is 5.46. The lowest BCUT2D eigenvalue weighted by molar-refractivity contribution is -0.126. The van der Waals surface area contributed by atoms with Gasteiger partial charge in [-0.05, 0) is 64.0 Å². The van der Waals surface area contributed by atoms with Crippen molar-refractivity contribution in [1.82, 2.24) is 19.4 Å². The Kier molecular flexibility index (Phi) is 7.79. The summed E-state index contributed by atoms with van der Waals surface area (Å²) in [6.45, 7) is 3.72. The number of anilines is 1. The zero-order chi connectivity index (χ0) is 25.8. The number of fused-ring (bicyclic) bond motifs is 1. The molecule has 9 heteroatoms. The average molecular weight is 496 g/mol. The molecule has 1 aliphatic rings. The monoisotopic (exact) mass is 495 g/mol. The SMILES string of the molecule is Cc1cccc2nc(NC(=O)c3cccc(F)c3F)n(C3CCCCN(C(=O)/C=C/CN(C)C)C3)c12. The number of hydrogen-bond acceptors (Lipinski definition) is 4. The highest BCUT2D eigenvalue weighted by molar-refractivity contribution is 6.04. The van der Waals surface area contributed by atoms with Gasteiger partial charge in [0.25, 0.3) is 5.91 Å². The third-order valence-electron chi connectivity index (χ3n) is 6.39. The Morgan fingerprint density at radius 3 is 2.72 bits per heavy atom. The molecule has 0 saturated carbocycles. The maximum atomic E-state index is 14.3. The molecular weight excluding hydrogens is 464 g/mol. The summed E-state index contributed by atoms with van der Waals surface area (Å²) in [4.78, 5) is 34.3. The molecule has 7 nitrogen and oxygen atoms in total. The van der Waals surface area contributed by atoms with E-state index in [2.05, 4.69) is 10.3 Å². The summed E-state index contributed by atoms with van der Waals surface area (Å²) >= 11 is 0. The number of likely N-dealkylation sites (N-methyl/N-ethyl adjacent to an activating group) is 1. The van der Waals surface area contributed by atoms with Crippen LogP contribution in [0, 0.1) is 18.6 Å². The van der Waals surface area contributed by atoms with Crippen LogP contribution in [0.3, 0.4) is 0 Å². The van der Waals surface area contributed by atoms with Gasteiger partial charge in [0.2, 0.25) is 11.9 Å². The van der Waals surface area contributed by atoms with Crippen molar-refractivity contribution in [3.63, 3.8) is 0 Å². The molecule has 0 bridgehead atoms. The third-order valence-corrected chi connectivity index (χ3v) is 6.39. The first-order chi connectivity index (χ1) is 17.3. The minimum Gasteiger partial charge on any atom is -0.337 e. The number of nitrogens with one attached hydrogen (secondary N) is 1. The lowest BCUT2D eigenvalue weighted by Gasteiger charge is -2.26. The first kappa shape index (κ1) is 25.5. The molecular formula is C27H31F2N5O2. The molecule has 0 radical (unpaired) electrons. The zero-order valence-electron chi connectivity index (χ0n) is 20.8. The minimum atomic E-state index is -1.20. The van der Waals surface area contributed by atoms with Crippen LogP contribution in [0.15, 0.2) is 48.6 Å². The maximum Gasteiger partial charge on any atom is 0.261 e. The van der Waals surface area contributed by atoms with Crippen LogP contribution in [0.25, 0.3) is 11.0 Å². The summed E-state index contributed by atoms with van der Waals surface area (Å²) in [6, 6.07) is 9.03. The van der Waals surface area contributed by atoms with Gasteiger partial charge in [0.15, 0.2) is 11.6 Å². The Labute approximate surface area is 209 Å². The molecule has 1 N–H and O–H groups in total.